The first-order valence-electron chi connectivity index (χ1n) is 4.98. The molecule has 4 heteroatoms. The van der Waals surface area contributed by atoms with Gasteiger partial charge in [-0.05, 0) is 12.3 Å². The molecule has 0 amide bonds. The molecule has 0 atom stereocenters. The number of aromatic amines is 1. The molecule has 0 aromatic carbocycles. The van der Waals surface area contributed by atoms with Crippen molar-refractivity contribution in [2.45, 2.75) is 33.1 Å². The number of nitrogens with zero attached hydrogens (tertiary/aromatic N) is 2. The van der Waals surface area contributed by atoms with Gasteiger partial charge in [0, 0.05) is 23.5 Å². The van der Waals surface area contributed by atoms with E-state index < -0.39 is 0 Å². The quantitative estimate of drug-likeness (QED) is 0.710. The number of fused-ring (bicyclic) bond motifs is 1. The van der Waals surface area contributed by atoms with Gasteiger partial charge in [0.2, 0.25) is 0 Å². The molecule has 1 N–H and O–H groups in total. The monoisotopic (exact) mass is 205 g/mol. The van der Waals surface area contributed by atoms with Crippen molar-refractivity contribution in [2.24, 2.45) is 0 Å². The Morgan fingerprint density at radius 3 is 2.67 bits per heavy atom. The van der Waals surface area contributed by atoms with Crippen LogP contribution in [0.1, 0.15) is 32.0 Å². The van der Waals surface area contributed by atoms with Crippen molar-refractivity contribution < 1.29 is 0 Å². The highest BCUT2D eigenvalue weighted by Crippen LogP contribution is 2.24. The lowest BCUT2D eigenvalue weighted by atomic mass is 9.89. The number of aryl methyl sites for hydroxylation is 1. The predicted octanol–water partition coefficient (Wildman–Crippen LogP) is 1.63. The molecule has 0 saturated carbocycles. The summed E-state index contributed by atoms with van der Waals surface area (Å²) >= 11 is 0. The maximum atomic E-state index is 11.6. The van der Waals surface area contributed by atoms with Gasteiger partial charge < -0.3 is 0 Å². The second-order valence-electron chi connectivity index (χ2n) is 4.83. The Kier molecular flexibility index (Phi) is 1.96. The van der Waals surface area contributed by atoms with Crippen molar-refractivity contribution in [1.29, 1.82) is 0 Å². The average molecular weight is 205 g/mol. The number of H-pyrrole nitrogens is 1. The molecule has 0 radical (unpaired) electrons. The third-order valence-corrected chi connectivity index (χ3v) is 2.43. The van der Waals surface area contributed by atoms with Gasteiger partial charge in [-0.15, -0.1) is 0 Å². The van der Waals surface area contributed by atoms with E-state index in [9.17, 15) is 4.79 Å². The molecule has 2 aromatic heterocycles. The molecule has 0 aliphatic carbocycles. The molecular weight excluding hydrogens is 190 g/mol. The predicted molar refractivity (Wildman–Crippen MR) is 59.2 cm³/mol. The number of nitrogens with one attached hydrogen (secondary N) is 1. The van der Waals surface area contributed by atoms with E-state index in [2.05, 4.69) is 30.9 Å². The van der Waals surface area contributed by atoms with Gasteiger partial charge in [0.1, 0.15) is 0 Å². The van der Waals surface area contributed by atoms with Crippen LogP contribution in [0.25, 0.3) is 5.65 Å². The zero-order valence-electron chi connectivity index (χ0n) is 9.46. The molecule has 0 unspecified atom stereocenters. The Hall–Kier alpha value is -1.58. The molecule has 0 fully saturated rings. The lowest BCUT2D eigenvalue weighted by Gasteiger charge is -2.16. The van der Waals surface area contributed by atoms with Gasteiger partial charge in [-0.3, -0.25) is 9.89 Å². The third kappa shape index (κ3) is 1.56. The molecule has 0 aliphatic rings. The molecule has 2 heterocycles. The standard InChI is InChI=1S/C11H15N3O/c1-7-5-9(15)14-10(13-7)8(6-12-14)11(2,3)4/h5-6,12H,1-4H3. The van der Waals surface area contributed by atoms with Gasteiger partial charge in [-0.25, -0.2) is 9.50 Å². The van der Waals surface area contributed by atoms with Crippen LogP contribution in [0.3, 0.4) is 0 Å². The Labute approximate surface area is 87.9 Å². The van der Waals surface area contributed by atoms with E-state index in [0.29, 0.717) is 0 Å². The van der Waals surface area contributed by atoms with E-state index in [-0.39, 0.29) is 11.0 Å². The Bertz CT molecular complexity index is 557. The molecule has 2 aromatic rings. The minimum atomic E-state index is -0.0620. The van der Waals surface area contributed by atoms with Crippen LogP contribution in [0.5, 0.6) is 0 Å². The van der Waals surface area contributed by atoms with E-state index >= 15 is 0 Å². The molecule has 80 valence electrons. The maximum Gasteiger partial charge on any atom is 0.272 e. The van der Waals surface area contributed by atoms with Crippen molar-refractivity contribution in [3.05, 3.63) is 33.9 Å². The van der Waals surface area contributed by atoms with Gasteiger partial charge in [-0.1, -0.05) is 20.8 Å². The van der Waals surface area contributed by atoms with E-state index in [1.165, 1.54) is 10.6 Å². The first kappa shape index (κ1) is 9.96. The van der Waals surface area contributed by atoms with Crippen LogP contribution in [0.15, 0.2) is 17.1 Å². The van der Waals surface area contributed by atoms with Gasteiger partial charge in [0.25, 0.3) is 5.56 Å². The van der Waals surface area contributed by atoms with E-state index in [0.717, 1.165) is 16.9 Å². The lowest BCUT2D eigenvalue weighted by Crippen LogP contribution is -2.17. The van der Waals surface area contributed by atoms with Gasteiger partial charge >= 0.3 is 0 Å². The molecule has 4 nitrogen and oxygen atoms in total. The maximum absolute atomic E-state index is 11.6. The lowest BCUT2D eigenvalue weighted by molar-refractivity contribution is 0.594. The summed E-state index contributed by atoms with van der Waals surface area (Å²) in [6, 6.07) is 1.52. The zero-order chi connectivity index (χ0) is 11.2. The highest BCUT2D eigenvalue weighted by Gasteiger charge is 2.20. The highest BCUT2D eigenvalue weighted by atomic mass is 16.1. The summed E-state index contributed by atoms with van der Waals surface area (Å²) in [4.78, 5) is 16.0. The molecule has 0 bridgehead atoms. The SMILES string of the molecule is Cc1cc(=O)n2[nH]cc(C(C)(C)C)c2n1. The van der Waals surface area contributed by atoms with Gasteiger partial charge in [0.15, 0.2) is 5.65 Å². The second-order valence-corrected chi connectivity index (χ2v) is 4.83. The van der Waals surface area contributed by atoms with Crippen LogP contribution in [-0.2, 0) is 5.41 Å². The van der Waals surface area contributed by atoms with Crippen LogP contribution in [0.4, 0.5) is 0 Å². The molecular formula is C11H15N3O. The van der Waals surface area contributed by atoms with Crippen LogP contribution in [-0.4, -0.2) is 14.6 Å². The molecule has 0 saturated heterocycles. The third-order valence-electron chi connectivity index (χ3n) is 2.43. The fourth-order valence-corrected chi connectivity index (χ4v) is 1.65. The number of hydrogen-bond donors (Lipinski definition) is 1. The highest BCUT2D eigenvalue weighted by molar-refractivity contribution is 5.50. The Morgan fingerprint density at radius 1 is 1.40 bits per heavy atom. The summed E-state index contributed by atoms with van der Waals surface area (Å²) in [6.45, 7) is 8.14. The Balaban J connectivity index is 2.86. The zero-order valence-corrected chi connectivity index (χ0v) is 9.46. The van der Waals surface area contributed by atoms with Gasteiger partial charge in [0.05, 0.1) is 0 Å². The van der Waals surface area contributed by atoms with Gasteiger partial charge in [-0.2, -0.15) is 0 Å². The summed E-state index contributed by atoms with van der Waals surface area (Å²) in [5.41, 5.74) is 2.47. The normalized spacial score (nSPS) is 12.3. The smallest absolute Gasteiger partial charge is 0.272 e. The number of rotatable bonds is 0. The van der Waals surface area contributed by atoms with Crippen LogP contribution in [0, 0.1) is 6.92 Å². The summed E-state index contributed by atoms with van der Waals surface area (Å²) in [6.07, 6.45) is 1.85. The summed E-state index contributed by atoms with van der Waals surface area (Å²) < 4.78 is 1.48. The number of hydrogen-bond acceptors (Lipinski definition) is 2. The molecule has 0 spiro atoms. The van der Waals surface area contributed by atoms with Crippen molar-refractivity contribution in [2.75, 3.05) is 0 Å². The largest absolute Gasteiger partial charge is 0.297 e. The minimum absolute atomic E-state index is 0.0154. The van der Waals surface area contributed by atoms with E-state index in [4.69, 9.17) is 0 Å². The summed E-state index contributed by atoms with van der Waals surface area (Å²) in [5, 5.41) is 2.93. The van der Waals surface area contributed by atoms with Crippen molar-refractivity contribution >= 4 is 5.65 Å². The molecule has 15 heavy (non-hydrogen) atoms. The molecule has 0 aliphatic heterocycles. The fourth-order valence-electron chi connectivity index (χ4n) is 1.65. The van der Waals surface area contributed by atoms with Crippen molar-refractivity contribution in [3.63, 3.8) is 0 Å². The average Bonchev–Trinajstić information content (AvgIpc) is 2.45. The topological polar surface area (TPSA) is 50.2 Å². The summed E-state index contributed by atoms with van der Waals surface area (Å²) in [7, 11) is 0. The summed E-state index contributed by atoms with van der Waals surface area (Å²) in [5.74, 6) is 0. The van der Waals surface area contributed by atoms with E-state index in [1.54, 1.807) is 0 Å². The van der Waals surface area contributed by atoms with Crippen molar-refractivity contribution in [1.82, 2.24) is 14.6 Å². The van der Waals surface area contributed by atoms with Crippen molar-refractivity contribution in [3.8, 4) is 0 Å². The molecule has 2 rings (SSSR count). The van der Waals surface area contributed by atoms with Crippen LogP contribution in [0.2, 0.25) is 0 Å². The first-order chi connectivity index (χ1) is 6.89. The first-order valence-corrected chi connectivity index (χ1v) is 4.98. The Morgan fingerprint density at radius 2 is 2.07 bits per heavy atom. The fraction of sp³-hybridized carbons (Fsp3) is 0.455. The number of aromatic nitrogens is 3. The van der Waals surface area contributed by atoms with Crippen LogP contribution < -0.4 is 5.56 Å². The van der Waals surface area contributed by atoms with E-state index in [1.807, 2.05) is 13.1 Å². The second kappa shape index (κ2) is 2.95. The minimum Gasteiger partial charge on any atom is -0.297 e. The van der Waals surface area contributed by atoms with Crippen LogP contribution >= 0.6 is 0 Å².